The molecular weight excluding hydrogens is 398 g/mol. The van der Waals surface area contributed by atoms with E-state index in [1.54, 1.807) is 0 Å². The van der Waals surface area contributed by atoms with Gasteiger partial charge in [-0.25, -0.2) is 8.42 Å². The number of rotatable bonds is 2. The van der Waals surface area contributed by atoms with E-state index >= 15 is 0 Å². The van der Waals surface area contributed by atoms with Gasteiger partial charge in [-0.2, -0.15) is 26.3 Å². The maximum atomic E-state index is 13.0. The molecule has 3 nitrogen and oxygen atoms in total. The van der Waals surface area contributed by atoms with E-state index in [1.807, 2.05) is 0 Å². The van der Waals surface area contributed by atoms with Crippen LogP contribution in [-0.2, 0) is 22.2 Å². The number of hydrogen-bond donors (Lipinski definition) is 0. The predicted octanol–water partition coefficient (Wildman–Crippen LogP) is 4.65. The van der Waals surface area contributed by atoms with Crippen LogP contribution in [0.1, 0.15) is 53.6 Å². The third-order valence-electron chi connectivity index (χ3n) is 5.32. The third-order valence-corrected chi connectivity index (χ3v) is 8.03. The molecule has 3 rings (SSSR count). The van der Waals surface area contributed by atoms with Crippen LogP contribution in [0.2, 0.25) is 0 Å². The van der Waals surface area contributed by atoms with Crippen LogP contribution in [0.5, 0.6) is 0 Å². The highest BCUT2D eigenvalue weighted by molar-refractivity contribution is 7.92. The van der Waals surface area contributed by atoms with E-state index < -0.39 is 61.1 Å². The summed E-state index contributed by atoms with van der Waals surface area (Å²) in [6.07, 6.45) is -8.80. The zero-order valence-corrected chi connectivity index (χ0v) is 14.7. The topological polar surface area (TPSA) is 51.2 Å². The van der Waals surface area contributed by atoms with E-state index in [0.717, 1.165) is 0 Å². The number of alkyl halides is 6. The fourth-order valence-electron chi connectivity index (χ4n) is 3.96. The Labute approximate surface area is 151 Å². The second kappa shape index (κ2) is 6.49. The first-order valence-electron chi connectivity index (χ1n) is 8.36. The summed E-state index contributed by atoms with van der Waals surface area (Å²) < 4.78 is 102. The molecule has 0 amide bonds. The lowest BCUT2D eigenvalue weighted by atomic mass is 9.83. The molecule has 2 bridgehead atoms. The highest BCUT2D eigenvalue weighted by atomic mass is 32.2. The van der Waals surface area contributed by atoms with Gasteiger partial charge in [0.15, 0.2) is 15.6 Å². The lowest BCUT2D eigenvalue weighted by Crippen LogP contribution is -2.45. The number of carbonyl (C=O) groups excluding carboxylic acids is 1. The second-order valence-electron chi connectivity index (χ2n) is 7.09. The van der Waals surface area contributed by atoms with E-state index in [4.69, 9.17) is 0 Å². The molecule has 10 heteroatoms. The molecule has 2 heterocycles. The molecule has 0 radical (unpaired) electrons. The average molecular weight is 414 g/mol. The van der Waals surface area contributed by atoms with Crippen LogP contribution in [0.25, 0.3) is 0 Å². The van der Waals surface area contributed by atoms with Crippen LogP contribution < -0.4 is 0 Å². The van der Waals surface area contributed by atoms with Gasteiger partial charge in [0.2, 0.25) is 0 Å². The van der Waals surface area contributed by atoms with Crippen molar-refractivity contribution in [3.8, 4) is 0 Å². The van der Waals surface area contributed by atoms with Crippen molar-refractivity contribution in [2.45, 2.75) is 55.0 Å². The minimum Gasteiger partial charge on any atom is -0.294 e. The molecule has 2 fully saturated rings. The third kappa shape index (κ3) is 3.86. The van der Waals surface area contributed by atoms with Crippen molar-refractivity contribution in [3.63, 3.8) is 0 Å². The molecule has 2 saturated heterocycles. The number of hydrogen-bond acceptors (Lipinski definition) is 3. The predicted molar refractivity (Wildman–Crippen MR) is 83.8 cm³/mol. The summed E-state index contributed by atoms with van der Waals surface area (Å²) >= 11 is 0. The van der Waals surface area contributed by atoms with Crippen molar-refractivity contribution in [1.82, 2.24) is 0 Å². The zero-order valence-electron chi connectivity index (χ0n) is 13.9. The van der Waals surface area contributed by atoms with E-state index in [-0.39, 0.29) is 18.9 Å². The quantitative estimate of drug-likeness (QED) is 0.523. The molecule has 27 heavy (non-hydrogen) atoms. The Bertz CT molecular complexity index is 804. The fourth-order valence-corrected chi connectivity index (χ4v) is 6.49. The van der Waals surface area contributed by atoms with Crippen molar-refractivity contribution in [2.24, 2.45) is 5.92 Å². The van der Waals surface area contributed by atoms with Gasteiger partial charge in [-0.3, -0.25) is 4.79 Å². The van der Waals surface area contributed by atoms with Crippen LogP contribution in [-0.4, -0.2) is 24.7 Å². The number of Topliss-reactive ketones (excluding diaryl/α,β-unsaturated/α-hetero) is 1. The summed E-state index contributed by atoms with van der Waals surface area (Å²) in [5, 5.41) is -1.52. The van der Waals surface area contributed by atoms with Crippen LogP contribution in [0.15, 0.2) is 18.2 Å². The highest BCUT2D eigenvalue weighted by Crippen LogP contribution is 2.42. The summed E-state index contributed by atoms with van der Waals surface area (Å²) in [7, 11) is -3.39. The lowest BCUT2D eigenvalue weighted by Gasteiger charge is -2.38. The molecule has 0 aromatic heterocycles. The van der Waals surface area contributed by atoms with Crippen LogP contribution >= 0.6 is 0 Å². The first-order chi connectivity index (χ1) is 12.3. The maximum Gasteiger partial charge on any atom is 0.416 e. The highest BCUT2D eigenvalue weighted by Gasteiger charge is 2.46. The molecule has 150 valence electrons. The van der Waals surface area contributed by atoms with Gasteiger partial charge >= 0.3 is 12.4 Å². The van der Waals surface area contributed by atoms with Crippen molar-refractivity contribution >= 4 is 15.6 Å². The Morgan fingerprint density at radius 1 is 0.852 bits per heavy atom. The van der Waals surface area contributed by atoms with Crippen molar-refractivity contribution in [2.75, 3.05) is 0 Å². The first kappa shape index (κ1) is 20.2. The molecule has 0 aliphatic carbocycles. The molecule has 0 spiro atoms. The van der Waals surface area contributed by atoms with E-state index in [9.17, 15) is 39.6 Å². The number of benzene rings is 1. The van der Waals surface area contributed by atoms with E-state index in [0.29, 0.717) is 31.4 Å². The van der Waals surface area contributed by atoms with Crippen LogP contribution in [0.4, 0.5) is 26.3 Å². The van der Waals surface area contributed by atoms with Crippen LogP contribution in [0.3, 0.4) is 0 Å². The average Bonchev–Trinajstić information content (AvgIpc) is 2.51. The van der Waals surface area contributed by atoms with Gasteiger partial charge in [-0.1, -0.05) is 6.42 Å². The first-order valence-corrected chi connectivity index (χ1v) is 9.97. The smallest absolute Gasteiger partial charge is 0.294 e. The molecule has 2 aliphatic rings. The van der Waals surface area contributed by atoms with Gasteiger partial charge in [0, 0.05) is 11.5 Å². The number of sulfone groups is 1. The van der Waals surface area contributed by atoms with E-state index in [2.05, 4.69) is 0 Å². The summed E-state index contributed by atoms with van der Waals surface area (Å²) in [4.78, 5) is 12.7. The van der Waals surface area contributed by atoms with Gasteiger partial charge in [-0.15, -0.1) is 0 Å². The van der Waals surface area contributed by atoms with Crippen LogP contribution in [0, 0.1) is 5.92 Å². The molecular formula is C17H16F6O3S. The summed E-state index contributed by atoms with van der Waals surface area (Å²) in [5.74, 6) is -1.76. The summed E-state index contributed by atoms with van der Waals surface area (Å²) in [6.45, 7) is 0. The van der Waals surface area contributed by atoms with Gasteiger partial charge in [0.25, 0.3) is 0 Å². The Kier molecular flexibility index (Phi) is 4.85. The van der Waals surface area contributed by atoms with Crippen molar-refractivity contribution < 1.29 is 39.6 Å². The molecule has 2 atom stereocenters. The van der Waals surface area contributed by atoms with Gasteiger partial charge in [0.05, 0.1) is 21.6 Å². The fraction of sp³-hybridized carbons (Fsp3) is 0.588. The van der Waals surface area contributed by atoms with Gasteiger partial charge < -0.3 is 0 Å². The standard InChI is InChI=1S/C17H16F6O3S/c18-16(19,20)11-4-9(5-12(8-11)17(21,22)23)15(24)10-6-13-2-1-3-14(7-10)27(13,25)26/h4-5,8,10,13-14H,1-3,6-7H2. The molecule has 1 aromatic rings. The molecule has 2 aliphatic heterocycles. The van der Waals surface area contributed by atoms with Crippen molar-refractivity contribution in [3.05, 3.63) is 34.9 Å². The van der Waals surface area contributed by atoms with E-state index in [1.165, 1.54) is 0 Å². The number of carbonyl (C=O) groups is 1. The summed E-state index contributed by atoms with van der Waals surface area (Å²) in [6, 6.07) is 0.795. The molecule has 1 aromatic carbocycles. The molecule has 2 unspecified atom stereocenters. The monoisotopic (exact) mass is 414 g/mol. The summed E-state index contributed by atoms with van der Waals surface area (Å²) in [5.41, 5.74) is -3.78. The largest absolute Gasteiger partial charge is 0.416 e. The SMILES string of the molecule is O=C(c1cc(C(F)(F)F)cc(C(F)(F)F)c1)C1CC2CCCC(C1)S2(=O)=O. The second-order valence-corrected chi connectivity index (χ2v) is 9.60. The zero-order chi connectivity index (χ0) is 20.2. The Balaban J connectivity index is 1.97. The minimum atomic E-state index is -5.04. The Hall–Kier alpha value is -1.58. The Morgan fingerprint density at radius 2 is 1.30 bits per heavy atom. The minimum absolute atomic E-state index is 0.0309. The maximum absolute atomic E-state index is 13.0. The van der Waals surface area contributed by atoms with Gasteiger partial charge in [-0.05, 0) is 43.9 Å². The number of ketones is 1. The van der Waals surface area contributed by atoms with Gasteiger partial charge in [0.1, 0.15) is 0 Å². The Morgan fingerprint density at radius 3 is 1.70 bits per heavy atom. The molecule has 0 saturated carbocycles. The lowest BCUT2D eigenvalue weighted by molar-refractivity contribution is -0.143. The number of halogens is 6. The molecule has 0 N–H and O–H groups in total. The normalized spacial score (nSPS) is 28.0. The number of fused-ring (bicyclic) bond motifs is 2. The van der Waals surface area contributed by atoms with Crippen molar-refractivity contribution in [1.29, 1.82) is 0 Å².